The van der Waals surface area contributed by atoms with E-state index >= 15 is 0 Å². The first-order chi connectivity index (χ1) is 17.3. The molecule has 3 saturated carbocycles. The van der Waals surface area contributed by atoms with Crippen LogP contribution in [0.3, 0.4) is 0 Å². The lowest BCUT2D eigenvalue weighted by Gasteiger charge is -2.63. The number of hydrogen-bond acceptors (Lipinski definition) is 6. The molecule has 2 aliphatic heterocycles. The molecule has 2 amide bonds. The van der Waals surface area contributed by atoms with E-state index in [1.54, 1.807) is 4.90 Å². The Morgan fingerprint density at radius 2 is 1.89 bits per heavy atom. The maximum Gasteiger partial charge on any atom is 0.482 e. The summed E-state index contributed by atoms with van der Waals surface area (Å²) < 4.78 is 24.1. The maximum absolute atomic E-state index is 12.9. The van der Waals surface area contributed by atoms with E-state index in [0.29, 0.717) is 31.3 Å². The van der Waals surface area contributed by atoms with Crippen LogP contribution in [0, 0.1) is 23.2 Å². The van der Waals surface area contributed by atoms with Crippen LogP contribution in [0.15, 0.2) is 30.3 Å². The highest BCUT2D eigenvalue weighted by atomic mass is 16.7. The molecular weight excluding hydrogens is 471 g/mol. The molecule has 1 aromatic carbocycles. The van der Waals surface area contributed by atoms with Crippen molar-refractivity contribution in [2.45, 2.75) is 84.1 Å². The van der Waals surface area contributed by atoms with Gasteiger partial charge in [0.2, 0.25) is 0 Å². The summed E-state index contributed by atoms with van der Waals surface area (Å²) >= 11 is 0. The van der Waals surface area contributed by atoms with E-state index in [1.165, 1.54) is 6.42 Å². The summed E-state index contributed by atoms with van der Waals surface area (Å²) in [5.41, 5.74) is 0.503. The topological polar surface area (TPSA) is 86.3 Å². The highest BCUT2D eigenvalue weighted by Crippen LogP contribution is 2.64. The Kier molecular flexibility index (Phi) is 6.76. The maximum atomic E-state index is 12.9. The summed E-state index contributed by atoms with van der Waals surface area (Å²) in [6, 6.07) is 10.1. The van der Waals surface area contributed by atoms with Crippen molar-refractivity contribution in [3.8, 4) is 0 Å². The van der Waals surface area contributed by atoms with Crippen molar-refractivity contribution in [3.05, 3.63) is 35.9 Å². The van der Waals surface area contributed by atoms with Crippen LogP contribution < -0.4 is 5.32 Å². The summed E-state index contributed by atoms with van der Waals surface area (Å²) in [7, 11) is -0.538. The average Bonchev–Trinajstić information content (AvgIpc) is 3.14. The van der Waals surface area contributed by atoms with Crippen LogP contribution in [0.25, 0.3) is 0 Å². The first-order valence-electron chi connectivity index (χ1n) is 13.6. The molecule has 37 heavy (non-hydrogen) atoms. The van der Waals surface area contributed by atoms with E-state index < -0.39 is 18.8 Å². The van der Waals surface area contributed by atoms with Crippen LogP contribution in [0.1, 0.15) is 59.9 Å². The van der Waals surface area contributed by atoms with E-state index in [4.69, 9.17) is 18.8 Å². The lowest BCUT2D eigenvalue weighted by atomic mass is 9.45. The second kappa shape index (κ2) is 9.49. The van der Waals surface area contributed by atoms with Gasteiger partial charge < -0.3 is 29.0 Å². The Labute approximate surface area is 220 Å². The number of alkyl carbamates (subject to hydrolysis) is 1. The van der Waals surface area contributed by atoms with Crippen LogP contribution >= 0.6 is 0 Å². The molecule has 5 aliphatic rings. The van der Waals surface area contributed by atoms with E-state index in [2.05, 4.69) is 26.1 Å². The number of carbonyl (C=O) groups excluding carboxylic acids is 2. The number of rotatable bonds is 6. The van der Waals surface area contributed by atoms with Crippen LogP contribution in [0.5, 0.6) is 0 Å². The molecule has 1 aromatic rings. The fraction of sp³-hybridized carbons (Fsp3) is 0.714. The minimum Gasteiger partial charge on any atom is -0.449 e. The quantitative estimate of drug-likeness (QED) is 0.567. The van der Waals surface area contributed by atoms with Gasteiger partial charge in [-0.1, -0.05) is 44.2 Å². The van der Waals surface area contributed by atoms with E-state index in [9.17, 15) is 9.59 Å². The second-order valence-electron chi connectivity index (χ2n) is 13.2. The first-order valence-corrected chi connectivity index (χ1v) is 13.6. The molecule has 8 nitrogen and oxygen atoms in total. The highest BCUT2D eigenvalue weighted by molar-refractivity contribution is 6.47. The third-order valence-corrected chi connectivity index (χ3v) is 8.82. The largest absolute Gasteiger partial charge is 0.482 e. The Bertz CT molecular complexity index is 1010. The third-order valence-electron chi connectivity index (χ3n) is 8.82. The molecule has 1 N–H and O–H groups in total. The number of nitrogens with zero attached hydrogens (tertiary/aromatic N) is 1. The molecule has 5 fully saturated rings. The summed E-state index contributed by atoms with van der Waals surface area (Å²) in [5.74, 6) is 0.837. The third kappa shape index (κ3) is 5.35. The first kappa shape index (κ1) is 26.4. The van der Waals surface area contributed by atoms with Gasteiger partial charge in [-0.25, -0.2) is 9.59 Å². The zero-order valence-corrected chi connectivity index (χ0v) is 23.0. The van der Waals surface area contributed by atoms with Gasteiger partial charge in [0.15, 0.2) is 0 Å². The van der Waals surface area contributed by atoms with Gasteiger partial charge in [-0.15, -0.1) is 0 Å². The minimum atomic E-state index is -0.538. The smallest absolute Gasteiger partial charge is 0.449 e. The van der Waals surface area contributed by atoms with E-state index in [-0.39, 0.29) is 41.7 Å². The molecule has 9 heteroatoms. The van der Waals surface area contributed by atoms with Gasteiger partial charge in [-0.3, -0.25) is 0 Å². The van der Waals surface area contributed by atoms with Crippen LogP contribution in [-0.4, -0.2) is 67.1 Å². The number of ether oxygens (including phenoxy) is 2. The van der Waals surface area contributed by atoms with Crippen molar-refractivity contribution in [2.24, 2.45) is 23.2 Å². The zero-order valence-electron chi connectivity index (χ0n) is 23.0. The number of nitrogens with one attached hydrogen (secondary N) is 1. The minimum absolute atomic E-state index is 0.0300. The molecular formula is C28H41BN2O6. The van der Waals surface area contributed by atoms with E-state index in [1.807, 2.05) is 51.1 Å². The van der Waals surface area contributed by atoms with Crippen molar-refractivity contribution >= 4 is 19.3 Å². The van der Waals surface area contributed by atoms with Gasteiger partial charge in [0.05, 0.1) is 24.3 Å². The monoisotopic (exact) mass is 512 g/mol. The zero-order chi connectivity index (χ0) is 26.6. The van der Waals surface area contributed by atoms with E-state index in [0.717, 1.165) is 12.0 Å². The Morgan fingerprint density at radius 1 is 1.19 bits per heavy atom. The number of benzene rings is 1. The van der Waals surface area contributed by atoms with Crippen LogP contribution in [0.4, 0.5) is 9.59 Å². The number of carbonyl (C=O) groups is 2. The van der Waals surface area contributed by atoms with Gasteiger partial charge >= 0.3 is 19.3 Å². The molecule has 1 unspecified atom stereocenters. The Morgan fingerprint density at radius 3 is 2.54 bits per heavy atom. The van der Waals surface area contributed by atoms with Crippen molar-refractivity contribution in [1.29, 1.82) is 0 Å². The summed E-state index contributed by atoms with van der Waals surface area (Å²) in [4.78, 5) is 26.6. The van der Waals surface area contributed by atoms with Gasteiger partial charge in [-0.05, 0) is 69.8 Å². The number of hydrogen-bond donors (Lipinski definition) is 1. The lowest BCUT2D eigenvalue weighted by molar-refractivity contribution is -0.185. The summed E-state index contributed by atoms with van der Waals surface area (Å²) in [5, 5.41) is 3.04. The number of amides is 2. The van der Waals surface area contributed by atoms with Gasteiger partial charge in [0.1, 0.15) is 5.60 Å². The van der Waals surface area contributed by atoms with Crippen molar-refractivity contribution < 1.29 is 28.4 Å². The molecule has 5 atom stereocenters. The summed E-state index contributed by atoms with van der Waals surface area (Å²) in [6.45, 7) is 13.7. The number of likely N-dealkylation sites (tertiary alicyclic amines) is 1. The van der Waals surface area contributed by atoms with Gasteiger partial charge in [-0.2, -0.15) is 0 Å². The predicted molar refractivity (Wildman–Crippen MR) is 140 cm³/mol. The Balaban J connectivity index is 1.17. The lowest BCUT2D eigenvalue weighted by Crippen LogP contribution is -2.63. The molecule has 2 bridgehead atoms. The second-order valence-corrected chi connectivity index (χ2v) is 13.2. The molecule has 2 heterocycles. The fourth-order valence-electron chi connectivity index (χ4n) is 6.54. The molecule has 0 aromatic heterocycles. The molecule has 3 aliphatic carbocycles. The average molecular weight is 512 g/mol. The van der Waals surface area contributed by atoms with Crippen molar-refractivity contribution in [3.63, 3.8) is 0 Å². The van der Waals surface area contributed by atoms with Gasteiger partial charge in [0, 0.05) is 19.0 Å². The molecule has 0 radical (unpaired) electrons. The normalized spacial score (nSPS) is 31.0. The van der Waals surface area contributed by atoms with Crippen molar-refractivity contribution in [1.82, 2.24) is 10.2 Å². The fourth-order valence-corrected chi connectivity index (χ4v) is 6.54. The molecule has 6 rings (SSSR count). The SMILES string of the molecule is CC(C)(C)OC(=O)N1CC(COC(=O)NC(Cc2ccccc2)B2O[C@H]3[C@H]4C[C@@H](C[C@@]3(C)O2)C4(C)C)C1. The standard InChI is InChI=1S/C28H41BN2O6/c1-26(2,3)35-25(33)31-15-19(16-31)17-34-24(32)30-22(12-18-10-8-7-9-11-18)29-36-23-21-13-20(27(21,4)5)14-28(23,6)37-29/h7-11,19-23H,12-17H2,1-6H3,(H,30,32)/t20-,21+,22?,23-,28+/m0/s1. The summed E-state index contributed by atoms with van der Waals surface area (Å²) in [6.07, 6.45) is 1.95. The van der Waals surface area contributed by atoms with Crippen molar-refractivity contribution in [2.75, 3.05) is 19.7 Å². The highest BCUT2D eigenvalue weighted by Gasteiger charge is 2.67. The molecule has 2 saturated heterocycles. The van der Waals surface area contributed by atoms with Crippen LogP contribution in [-0.2, 0) is 25.2 Å². The molecule has 202 valence electrons. The van der Waals surface area contributed by atoms with Gasteiger partial charge in [0.25, 0.3) is 0 Å². The Hall–Kier alpha value is -2.26. The molecule has 0 spiro atoms. The predicted octanol–water partition coefficient (Wildman–Crippen LogP) is 4.46. The van der Waals surface area contributed by atoms with Crippen LogP contribution in [0.2, 0.25) is 0 Å².